The molecule has 7 heteroatoms. The van der Waals surface area contributed by atoms with Gasteiger partial charge in [0.2, 0.25) is 0 Å². The van der Waals surface area contributed by atoms with Crippen LogP contribution in [0, 0.1) is 5.82 Å². The van der Waals surface area contributed by atoms with Gasteiger partial charge in [0.1, 0.15) is 17.3 Å². The van der Waals surface area contributed by atoms with Gasteiger partial charge in [-0.25, -0.2) is 4.39 Å². The molecule has 0 N–H and O–H groups in total. The highest BCUT2D eigenvalue weighted by Gasteiger charge is 2.18. The van der Waals surface area contributed by atoms with Crippen molar-refractivity contribution in [3.8, 4) is 17.0 Å². The molecule has 1 saturated heterocycles. The Labute approximate surface area is 195 Å². The summed E-state index contributed by atoms with van der Waals surface area (Å²) in [6, 6.07) is 16.8. The van der Waals surface area contributed by atoms with E-state index in [4.69, 9.17) is 9.26 Å². The fourth-order valence-corrected chi connectivity index (χ4v) is 4.29. The Morgan fingerprint density at radius 2 is 1.82 bits per heavy atom. The van der Waals surface area contributed by atoms with Gasteiger partial charge in [-0.05, 0) is 62.5 Å². The highest BCUT2D eigenvalue weighted by Crippen LogP contribution is 2.23. The van der Waals surface area contributed by atoms with E-state index in [1.165, 1.54) is 11.8 Å². The van der Waals surface area contributed by atoms with Crippen molar-refractivity contribution in [1.29, 1.82) is 0 Å². The number of ether oxygens (including phenoxy) is 1. The predicted molar refractivity (Wildman–Crippen MR) is 129 cm³/mol. The molecule has 0 radical (unpaired) electrons. The average molecular weight is 453 g/mol. The zero-order valence-corrected chi connectivity index (χ0v) is 19.5. The van der Waals surface area contributed by atoms with Gasteiger partial charge in [-0.15, -0.1) is 0 Å². The summed E-state index contributed by atoms with van der Waals surface area (Å²) in [5, 5.41) is 4.07. The normalized spacial score (nSPS) is 14.7. The summed E-state index contributed by atoms with van der Waals surface area (Å²) in [4.78, 5) is 7.32. The summed E-state index contributed by atoms with van der Waals surface area (Å²) in [5.74, 6) is 1.38. The second-order valence-corrected chi connectivity index (χ2v) is 8.41. The molecule has 2 aromatic carbocycles. The van der Waals surface area contributed by atoms with Crippen molar-refractivity contribution in [2.24, 2.45) is 0 Å². The van der Waals surface area contributed by atoms with Crippen LogP contribution in [0.3, 0.4) is 0 Å². The van der Waals surface area contributed by atoms with Crippen molar-refractivity contribution < 1.29 is 13.7 Å². The molecule has 0 unspecified atom stereocenters. The number of hydrogen-bond acceptors (Lipinski definition) is 6. The maximum Gasteiger partial charge on any atom is 0.151 e. The number of aromatic nitrogens is 1. The van der Waals surface area contributed by atoms with Gasteiger partial charge in [0.25, 0.3) is 0 Å². The molecule has 1 aliphatic heterocycles. The van der Waals surface area contributed by atoms with Crippen LogP contribution in [0.5, 0.6) is 5.75 Å². The van der Waals surface area contributed by atoms with Gasteiger partial charge in [-0.1, -0.05) is 24.2 Å². The van der Waals surface area contributed by atoms with Crippen molar-refractivity contribution in [2.75, 3.05) is 57.8 Å². The van der Waals surface area contributed by atoms with E-state index in [1.54, 1.807) is 19.2 Å². The maximum absolute atomic E-state index is 14.0. The lowest BCUT2D eigenvalue weighted by atomic mass is 10.1. The third-order valence-corrected chi connectivity index (χ3v) is 6.29. The molecule has 33 heavy (non-hydrogen) atoms. The predicted octanol–water partition coefficient (Wildman–Crippen LogP) is 4.52. The van der Waals surface area contributed by atoms with E-state index in [9.17, 15) is 4.39 Å². The van der Waals surface area contributed by atoms with Crippen LogP contribution in [-0.4, -0.2) is 67.9 Å². The Hall–Kier alpha value is -2.90. The van der Waals surface area contributed by atoms with Crippen LogP contribution in [0.2, 0.25) is 0 Å². The van der Waals surface area contributed by atoms with Crippen molar-refractivity contribution in [1.82, 2.24) is 15.0 Å². The summed E-state index contributed by atoms with van der Waals surface area (Å²) in [7, 11) is 1.70. The fourth-order valence-electron chi connectivity index (χ4n) is 4.29. The smallest absolute Gasteiger partial charge is 0.151 e. The Kier molecular flexibility index (Phi) is 7.96. The van der Waals surface area contributed by atoms with E-state index in [0.717, 1.165) is 63.7 Å². The summed E-state index contributed by atoms with van der Waals surface area (Å²) in [6.45, 7) is 10.1. The fraction of sp³-hybridized carbons (Fsp3) is 0.423. The van der Waals surface area contributed by atoms with Crippen LogP contribution in [0.4, 0.5) is 10.1 Å². The summed E-state index contributed by atoms with van der Waals surface area (Å²) in [5.41, 5.74) is 2.28. The van der Waals surface area contributed by atoms with E-state index in [0.29, 0.717) is 17.8 Å². The van der Waals surface area contributed by atoms with Gasteiger partial charge in [-0.2, -0.15) is 0 Å². The third-order valence-electron chi connectivity index (χ3n) is 6.29. The standard InChI is InChI=1S/C26H33FN4O2/c1-3-29(20-23-19-26(28-33-23)24-7-4-5-8-25(24)27)13-6-14-30-15-17-31(18-16-30)21-9-11-22(32-2)12-10-21/h4-5,7-12,19H,3,6,13-18,20H2,1-2H3. The number of nitrogens with zero attached hydrogens (tertiary/aromatic N) is 4. The highest BCUT2D eigenvalue weighted by atomic mass is 19.1. The van der Waals surface area contributed by atoms with Crippen LogP contribution in [0.25, 0.3) is 11.3 Å². The molecule has 2 heterocycles. The topological polar surface area (TPSA) is 45.0 Å². The minimum Gasteiger partial charge on any atom is -0.497 e. The SMILES string of the molecule is CCN(CCCN1CCN(c2ccc(OC)cc2)CC1)Cc1cc(-c2ccccc2F)no1. The van der Waals surface area contributed by atoms with Crippen molar-refractivity contribution >= 4 is 5.69 Å². The van der Waals surface area contributed by atoms with Crippen LogP contribution >= 0.6 is 0 Å². The first-order chi connectivity index (χ1) is 16.2. The Bertz CT molecular complexity index is 1000. The number of rotatable bonds is 10. The van der Waals surface area contributed by atoms with E-state index in [-0.39, 0.29) is 5.82 Å². The summed E-state index contributed by atoms with van der Waals surface area (Å²) in [6.07, 6.45) is 1.10. The quantitative estimate of drug-likeness (QED) is 0.451. The van der Waals surface area contributed by atoms with Gasteiger partial charge in [-0.3, -0.25) is 9.80 Å². The molecular weight excluding hydrogens is 419 g/mol. The molecule has 6 nitrogen and oxygen atoms in total. The monoisotopic (exact) mass is 452 g/mol. The van der Waals surface area contributed by atoms with Crippen LogP contribution < -0.4 is 9.64 Å². The highest BCUT2D eigenvalue weighted by molar-refractivity contribution is 5.59. The molecule has 0 amide bonds. The molecule has 0 bridgehead atoms. The van der Waals surface area contributed by atoms with Crippen LogP contribution in [0.1, 0.15) is 19.1 Å². The zero-order valence-electron chi connectivity index (χ0n) is 19.5. The molecule has 0 atom stereocenters. The van der Waals surface area contributed by atoms with E-state index in [2.05, 4.69) is 38.9 Å². The third kappa shape index (κ3) is 6.12. The first kappa shape index (κ1) is 23.3. The molecule has 1 fully saturated rings. The number of benzene rings is 2. The van der Waals surface area contributed by atoms with Gasteiger partial charge >= 0.3 is 0 Å². The molecule has 176 valence electrons. The van der Waals surface area contributed by atoms with Crippen molar-refractivity contribution in [3.05, 3.63) is 66.2 Å². The molecule has 4 rings (SSSR count). The average Bonchev–Trinajstić information content (AvgIpc) is 3.32. The Morgan fingerprint density at radius 1 is 1.06 bits per heavy atom. The lowest BCUT2D eigenvalue weighted by Crippen LogP contribution is -2.47. The number of halogens is 1. The van der Waals surface area contributed by atoms with Crippen LogP contribution in [0.15, 0.2) is 59.1 Å². The number of methoxy groups -OCH3 is 1. The number of anilines is 1. The van der Waals surface area contributed by atoms with E-state index >= 15 is 0 Å². The number of hydrogen-bond donors (Lipinski definition) is 0. The molecule has 0 spiro atoms. The Balaban J connectivity index is 1.20. The van der Waals surface area contributed by atoms with E-state index in [1.807, 2.05) is 24.3 Å². The Morgan fingerprint density at radius 3 is 2.52 bits per heavy atom. The summed E-state index contributed by atoms with van der Waals surface area (Å²) < 4.78 is 24.7. The van der Waals surface area contributed by atoms with Gasteiger partial charge in [0.05, 0.1) is 13.7 Å². The van der Waals surface area contributed by atoms with Crippen molar-refractivity contribution in [2.45, 2.75) is 19.9 Å². The first-order valence-corrected chi connectivity index (χ1v) is 11.7. The molecule has 3 aromatic rings. The maximum atomic E-state index is 14.0. The van der Waals surface area contributed by atoms with Gasteiger partial charge < -0.3 is 14.2 Å². The van der Waals surface area contributed by atoms with Gasteiger partial charge in [0, 0.05) is 43.5 Å². The first-order valence-electron chi connectivity index (χ1n) is 11.7. The zero-order chi connectivity index (χ0) is 23.0. The molecular formula is C26H33FN4O2. The van der Waals surface area contributed by atoms with Crippen molar-refractivity contribution in [3.63, 3.8) is 0 Å². The second kappa shape index (κ2) is 11.3. The van der Waals surface area contributed by atoms with Gasteiger partial charge in [0.15, 0.2) is 5.76 Å². The largest absolute Gasteiger partial charge is 0.497 e. The minimum atomic E-state index is -0.281. The lowest BCUT2D eigenvalue weighted by Gasteiger charge is -2.36. The molecule has 1 aliphatic rings. The lowest BCUT2D eigenvalue weighted by molar-refractivity contribution is 0.206. The number of piperazine rings is 1. The van der Waals surface area contributed by atoms with E-state index < -0.39 is 0 Å². The van der Waals surface area contributed by atoms with Crippen LogP contribution in [-0.2, 0) is 6.54 Å². The minimum absolute atomic E-state index is 0.281. The summed E-state index contributed by atoms with van der Waals surface area (Å²) >= 11 is 0. The second-order valence-electron chi connectivity index (χ2n) is 8.41. The molecule has 0 aliphatic carbocycles. The molecule has 0 saturated carbocycles. The molecule has 1 aromatic heterocycles.